The predicted molar refractivity (Wildman–Crippen MR) is 104 cm³/mol. The number of amides is 1. The molecule has 1 amide bonds. The predicted octanol–water partition coefficient (Wildman–Crippen LogP) is 3.20. The normalized spacial score (nSPS) is 10.4. The lowest BCUT2D eigenvalue weighted by Crippen LogP contribution is -2.29. The second-order valence-electron chi connectivity index (χ2n) is 5.81. The van der Waals surface area contributed by atoms with Gasteiger partial charge in [-0.15, -0.1) is 0 Å². The summed E-state index contributed by atoms with van der Waals surface area (Å²) in [5.41, 5.74) is 2.11. The number of hydrogen-bond donors (Lipinski definition) is 2. The number of halogens is 1. The third kappa shape index (κ3) is 6.24. The Kier molecular flexibility index (Phi) is 8.25. The van der Waals surface area contributed by atoms with Gasteiger partial charge in [-0.2, -0.15) is 0 Å². The van der Waals surface area contributed by atoms with Gasteiger partial charge in [-0.25, -0.2) is 0 Å². The van der Waals surface area contributed by atoms with E-state index in [1.807, 2.05) is 42.5 Å². The quantitative estimate of drug-likeness (QED) is 0.625. The molecule has 0 aliphatic heterocycles. The Morgan fingerprint density at radius 2 is 1.81 bits per heavy atom. The molecule has 6 heteroatoms. The van der Waals surface area contributed by atoms with Crippen molar-refractivity contribution in [2.45, 2.75) is 19.4 Å². The maximum atomic E-state index is 11.9. The van der Waals surface area contributed by atoms with Crippen LogP contribution >= 0.6 is 11.6 Å². The summed E-state index contributed by atoms with van der Waals surface area (Å²) in [6.07, 6.45) is 1.16. The van der Waals surface area contributed by atoms with Gasteiger partial charge in [0.1, 0.15) is 0 Å². The molecular weight excluding hydrogens is 352 g/mol. The van der Waals surface area contributed by atoms with Crippen molar-refractivity contribution in [1.82, 2.24) is 10.6 Å². The van der Waals surface area contributed by atoms with E-state index in [1.54, 1.807) is 14.2 Å². The molecule has 26 heavy (non-hydrogen) atoms. The Bertz CT molecular complexity index is 722. The third-order valence-electron chi connectivity index (χ3n) is 3.99. The van der Waals surface area contributed by atoms with Gasteiger partial charge in [-0.05, 0) is 35.7 Å². The summed E-state index contributed by atoms with van der Waals surface area (Å²) >= 11 is 6.10. The van der Waals surface area contributed by atoms with E-state index in [-0.39, 0.29) is 5.91 Å². The fourth-order valence-electron chi connectivity index (χ4n) is 2.54. The fourth-order valence-corrected chi connectivity index (χ4v) is 2.74. The standard InChI is InChI=1S/C20H25ClN2O3/c1-25-18-8-7-15(13-19(18)26-2)9-12-23-20(24)10-11-22-14-16-5-3-4-6-17(16)21/h3-8,13,22H,9-12,14H2,1-2H3,(H,23,24). The largest absolute Gasteiger partial charge is 0.493 e. The fraction of sp³-hybridized carbons (Fsp3) is 0.350. The van der Waals surface area contributed by atoms with Gasteiger partial charge in [0.05, 0.1) is 14.2 Å². The van der Waals surface area contributed by atoms with Gasteiger partial charge >= 0.3 is 0 Å². The Labute approximate surface area is 159 Å². The first kappa shape index (κ1) is 20.1. The molecule has 0 atom stereocenters. The summed E-state index contributed by atoms with van der Waals surface area (Å²) in [4.78, 5) is 11.9. The van der Waals surface area contributed by atoms with Crippen molar-refractivity contribution in [1.29, 1.82) is 0 Å². The first-order valence-electron chi connectivity index (χ1n) is 8.55. The summed E-state index contributed by atoms with van der Waals surface area (Å²) < 4.78 is 10.5. The van der Waals surface area contributed by atoms with Crippen LogP contribution in [0, 0.1) is 0 Å². The second kappa shape index (κ2) is 10.7. The number of carbonyl (C=O) groups excluding carboxylic acids is 1. The van der Waals surface area contributed by atoms with Crippen molar-refractivity contribution in [2.24, 2.45) is 0 Å². The van der Waals surface area contributed by atoms with Crippen molar-refractivity contribution < 1.29 is 14.3 Å². The molecule has 0 aliphatic carbocycles. The molecule has 0 fully saturated rings. The number of carbonyl (C=O) groups is 1. The first-order chi connectivity index (χ1) is 12.6. The molecule has 0 radical (unpaired) electrons. The molecule has 0 aliphatic rings. The van der Waals surface area contributed by atoms with Crippen LogP contribution in [0.1, 0.15) is 17.5 Å². The van der Waals surface area contributed by atoms with Crippen LogP contribution in [-0.4, -0.2) is 33.2 Å². The van der Waals surface area contributed by atoms with Crippen LogP contribution in [0.4, 0.5) is 0 Å². The zero-order valence-electron chi connectivity index (χ0n) is 15.2. The van der Waals surface area contributed by atoms with E-state index in [1.165, 1.54) is 0 Å². The Morgan fingerprint density at radius 3 is 2.54 bits per heavy atom. The van der Waals surface area contributed by atoms with Crippen molar-refractivity contribution >= 4 is 17.5 Å². The highest BCUT2D eigenvalue weighted by Gasteiger charge is 2.06. The first-order valence-corrected chi connectivity index (χ1v) is 8.93. The lowest BCUT2D eigenvalue weighted by atomic mass is 10.1. The Morgan fingerprint density at radius 1 is 1.04 bits per heavy atom. The SMILES string of the molecule is COc1ccc(CCNC(=O)CCNCc2ccccc2Cl)cc1OC. The van der Waals surface area contributed by atoms with E-state index < -0.39 is 0 Å². The molecule has 0 bridgehead atoms. The average molecular weight is 377 g/mol. The smallest absolute Gasteiger partial charge is 0.221 e. The molecule has 2 aromatic rings. The van der Waals surface area contributed by atoms with Gasteiger partial charge in [0.15, 0.2) is 11.5 Å². The average Bonchev–Trinajstić information content (AvgIpc) is 2.66. The van der Waals surface area contributed by atoms with Crippen molar-refractivity contribution in [3.8, 4) is 11.5 Å². The van der Waals surface area contributed by atoms with Crippen LogP contribution in [0.15, 0.2) is 42.5 Å². The molecule has 2 rings (SSSR count). The minimum absolute atomic E-state index is 0.0251. The van der Waals surface area contributed by atoms with Gasteiger partial charge < -0.3 is 20.1 Å². The van der Waals surface area contributed by atoms with Crippen LogP contribution in [0.25, 0.3) is 0 Å². The van der Waals surface area contributed by atoms with Gasteiger partial charge in [0, 0.05) is 31.1 Å². The molecule has 0 heterocycles. The highest BCUT2D eigenvalue weighted by atomic mass is 35.5. The van der Waals surface area contributed by atoms with Gasteiger partial charge in [0.25, 0.3) is 0 Å². The number of nitrogens with one attached hydrogen (secondary N) is 2. The van der Waals surface area contributed by atoms with Crippen LogP contribution in [0.5, 0.6) is 11.5 Å². The van der Waals surface area contributed by atoms with Crippen LogP contribution in [-0.2, 0) is 17.8 Å². The molecule has 140 valence electrons. The van der Waals surface area contributed by atoms with Crippen molar-refractivity contribution in [2.75, 3.05) is 27.3 Å². The van der Waals surface area contributed by atoms with Crippen LogP contribution in [0.3, 0.4) is 0 Å². The number of methoxy groups -OCH3 is 2. The van der Waals surface area contributed by atoms with Crippen molar-refractivity contribution in [3.05, 3.63) is 58.6 Å². The van der Waals surface area contributed by atoms with Gasteiger partial charge in [-0.1, -0.05) is 35.9 Å². The van der Waals surface area contributed by atoms with Crippen LogP contribution < -0.4 is 20.1 Å². The number of benzene rings is 2. The lowest BCUT2D eigenvalue weighted by molar-refractivity contribution is -0.120. The van der Waals surface area contributed by atoms with E-state index >= 15 is 0 Å². The maximum Gasteiger partial charge on any atom is 0.221 e. The highest BCUT2D eigenvalue weighted by molar-refractivity contribution is 6.31. The minimum Gasteiger partial charge on any atom is -0.493 e. The Hall–Kier alpha value is -2.24. The molecule has 0 saturated carbocycles. The summed E-state index contributed by atoms with van der Waals surface area (Å²) in [5.74, 6) is 1.42. The molecule has 0 unspecified atom stereocenters. The zero-order chi connectivity index (χ0) is 18.8. The summed E-state index contributed by atoms with van der Waals surface area (Å²) in [6, 6.07) is 13.4. The molecule has 2 aromatic carbocycles. The number of ether oxygens (including phenoxy) is 2. The third-order valence-corrected chi connectivity index (χ3v) is 4.35. The summed E-state index contributed by atoms with van der Waals surface area (Å²) in [6.45, 7) is 1.84. The van der Waals surface area contributed by atoms with E-state index in [0.29, 0.717) is 37.6 Å². The van der Waals surface area contributed by atoms with Gasteiger partial charge in [0.2, 0.25) is 5.91 Å². The zero-order valence-corrected chi connectivity index (χ0v) is 15.9. The van der Waals surface area contributed by atoms with E-state index in [0.717, 1.165) is 22.6 Å². The van der Waals surface area contributed by atoms with E-state index in [9.17, 15) is 4.79 Å². The molecule has 0 aromatic heterocycles. The number of rotatable bonds is 10. The Balaban J connectivity index is 1.65. The summed E-state index contributed by atoms with van der Waals surface area (Å²) in [7, 11) is 3.22. The number of hydrogen-bond acceptors (Lipinski definition) is 4. The molecule has 5 nitrogen and oxygen atoms in total. The van der Waals surface area contributed by atoms with Crippen molar-refractivity contribution in [3.63, 3.8) is 0 Å². The van der Waals surface area contributed by atoms with E-state index in [2.05, 4.69) is 10.6 Å². The van der Waals surface area contributed by atoms with E-state index in [4.69, 9.17) is 21.1 Å². The minimum atomic E-state index is 0.0251. The highest BCUT2D eigenvalue weighted by Crippen LogP contribution is 2.27. The second-order valence-corrected chi connectivity index (χ2v) is 6.21. The molecule has 0 spiro atoms. The maximum absolute atomic E-state index is 11.9. The molecule has 2 N–H and O–H groups in total. The van der Waals surface area contributed by atoms with Crippen LogP contribution in [0.2, 0.25) is 5.02 Å². The topological polar surface area (TPSA) is 59.6 Å². The molecular formula is C20H25ClN2O3. The van der Waals surface area contributed by atoms with Gasteiger partial charge in [-0.3, -0.25) is 4.79 Å². The monoisotopic (exact) mass is 376 g/mol. The summed E-state index contributed by atoms with van der Waals surface area (Å²) in [5, 5.41) is 6.90. The lowest BCUT2D eigenvalue weighted by Gasteiger charge is -2.10. The molecule has 0 saturated heterocycles.